The van der Waals surface area contributed by atoms with Crippen molar-refractivity contribution in [3.63, 3.8) is 0 Å². The maximum Gasteiger partial charge on any atom is 0 e. The number of unbranched alkanes of at least 4 members (excludes halogenated alkanes) is 2. The van der Waals surface area contributed by atoms with Crippen LogP contribution >= 0.6 is 0 Å². The molecule has 25 heavy (non-hydrogen) atoms. The van der Waals surface area contributed by atoms with Crippen molar-refractivity contribution in [1.82, 2.24) is 5.32 Å². The van der Waals surface area contributed by atoms with E-state index in [1.165, 1.54) is 12.0 Å². The van der Waals surface area contributed by atoms with Crippen molar-refractivity contribution in [3.8, 4) is 0 Å². The maximum absolute atomic E-state index is 10.1. The van der Waals surface area contributed by atoms with Gasteiger partial charge in [-0.25, -0.2) is 0 Å². The number of rotatable bonds is 10. The van der Waals surface area contributed by atoms with Gasteiger partial charge in [0.1, 0.15) is 6.29 Å². The fraction of sp³-hybridized carbons (Fsp3) is 0.158. The van der Waals surface area contributed by atoms with Gasteiger partial charge in [0, 0.05) is 36.1 Å². The molecule has 0 aliphatic carbocycles. The number of hydrogen-bond donors (Lipinski definition) is 1. The van der Waals surface area contributed by atoms with E-state index >= 15 is 0 Å². The zero-order chi connectivity index (χ0) is 19.1. The normalized spacial score (nSPS) is 8.88. The molecule has 1 aromatic rings. The van der Waals surface area contributed by atoms with Crippen LogP contribution in [-0.4, -0.2) is 12.3 Å². The molecular formula is C19H19FeNO4. The van der Waals surface area contributed by atoms with Gasteiger partial charge in [-0.05, 0) is 31.2 Å². The van der Waals surface area contributed by atoms with E-state index in [2.05, 4.69) is 44.0 Å². The first-order chi connectivity index (χ1) is 11.9. The molecule has 1 N–H and O–H groups in total. The van der Waals surface area contributed by atoms with E-state index in [0.717, 1.165) is 19.3 Å². The third kappa shape index (κ3) is 22.3. The standard InChI is InChI=1S/C16H19NO.3CO.Fe/c1-2-9-16(12-7-4-8-13-18)17-14-15-10-5-3-6-11-15;3*1-2;/h2-8,10-13,16-17H,1,9,14H2;;;;/t16-;;;;/m0..../s1. The molecule has 4 radical (unpaired) electrons. The van der Waals surface area contributed by atoms with Crippen LogP contribution in [0.3, 0.4) is 0 Å². The maximum atomic E-state index is 10.1. The van der Waals surface area contributed by atoms with E-state index in [1.54, 1.807) is 6.42 Å². The molecule has 0 aromatic heterocycles. The summed E-state index contributed by atoms with van der Waals surface area (Å²) in [5.74, 6) is 0. The number of carbonyl (C=O) groups is 1. The van der Waals surface area contributed by atoms with Crippen molar-refractivity contribution in [1.29, 1.82) is 0 Å². The third-order valence-electron chi connectivity index (χ3n) is 2.48. The van der Waals surface area contributed by atoms with Gasteiger partial charge in [0.25, 0.3) is 0 Å². The van der Waals surface area contributed by atoms with Gasteiger partial charge in [-0.2, -0.15) is 0 Å². The van der Waals surface area contributed by atoms with E-state index in [1.807, 2.05) is 37.1 Å². The summed E-state index contributed by atoms with van der Waals surface area (Å²) in [4.78, 5) is 10.1. The summed E-state index contributed by atoms with van der Waals surface area (Å²) in [5.41, 5.74) is 1.25. The molecule has 5 nitrogen and oxygen atoms in total. The quantitative estimate of drug-likeness (QED) is 0.169. The molecule has 6 heteroatoms. The second-order valence-corrected chi connectivity index (χ2v) is 3.90. The predicted molar refractivity (Wildman–Crippen MR) is 86.9 cm³/mol. The number of aldehydes is 1. The number of carbonyl (C=O) groups excluding carboxylic acids is 1. The Kier molecular flexibility index (Phi) is 37.7. The van der Waals surface area contributed by atoms with Gasteiger partial charge in [-0.1, -0.05) is 36.4 Å². The van der Waals surface area contributed by atoms with Crippen molar-refractivity contribution >= 4 is 6.29 Å². The Labute approximate surface area is 160 Å². The Morgan fingerprint density at radius 2 is 1.56 bits per heavy atom. The molecule has 0 heterocycles. The van der Waals surface area contributed by atoms with Crippen molar-refractivity contribution in [2.75, 3.05) is 0 Å². The average Bonchev–Trinajstić information content (AvgIpc) is 2.69. The second-order valence-electron chi connectivity index (χ2n) is 3.90. The van der Waals surface area contributed by atoms with Crippen LogP contribution in [0.15, 0.2) is 43.0 Å². The number of nitrogens with one attached hydrogen (secondary N) is 1. The second kappa shape index (κ2) is 30.2. The van der Waals surface area contributed by atoms with E-state index in [0.29, 0.717) is 0 Å². The van der Waals surface area contributed by atoms with Gasteiger partial charge in [-0.3, -0.25) is 0 Å². The zero-order valence-electron chi connectivity index (χ0n) is 13.5. The fourth-order valence-corrected chi connectivity index (χ4v) is 1.56. The van der Waals surface area contributed by atoms with Gasteiger partial charge in [0.15, 0.2) is 0 Å². The van der Waals surface area contributed by atoms with Crippen molar-refractivity contribution < 1.29 is 35.8 Å². The molecule has 0 fully saturated rings. The summed E-state index contributed by atoms with van der Waals surface area (Å²) in [7, 11) is 0. The summed E-state index contributed by atoms with van der Waals surface area (Å²) in [6.07, 6.45) is 10.6. The zero-order valence-corrected chi connectivity index (χ0v) is 14.6. The van der Waals surface area contributed by atoms with Crippen LogP contribution in [0.4, 0.5) is 0 Å². The molecule has 0 amide bonds. The molecule has 0 aliphatic heterocycles. The van der Waals surface area contributed by atoms with Crippen LogP contribution in [0.1, 0.15) is 12.0 Å². The Morgan fingerprint density at radius 1 is 1.00 bits per heavy atom. The van der Waals surface area contributed by atoms with Crippen LogP contribution < -0.4 is 5.32 Å². The van der Waals surface area contributed by atoms with Crippen LogP contribution in [0, 0.1) is 45.6 Å². The summed E-state index contributed by atoms with van der Waals surface area (Å²) in [6, 6.07) is 10.5. The largest absolute Gasteiger partial charge is 0 e. The topological polar surface area (TPSA) is 88.8 Å². The number of hydrogen-bond acceptors (Lipinski definition) is 2. The fourth-order valence-electron chi connectivity index (χ4n) is 1.56. The van der Waals surface area contributed by atoms with E-state index in [4.69, 9.17) is 14.0 Å². The molecule has 0 aliphatic rings. The summed E-state index contributed by atoms with van der Waals surface area (Å²) >= 11 is 0. The summed E-state index contributed by atoms with van der Waals surface area (Å²) in [5, 5.41) is 3.43. The molecular weight excluding hydrogens is 362 g/mol. The molecule has 0 saturated heterocycles. The molecule has 1 atom stereocenters. The Bertz CT molecular complexity index is 443. The molecule has 132 valence electrons. The van der Waals surface area contributed by atoms with Gasteiger partial charge in [0.05, 0.1) is 0 Å². The minimum absolute atomic E-state index is 0. The summed E-state index contributed by atoms with van der Waals surface area (Å²) < 4.78 is 22.5. The summed E-state index contributed by atoms with van der Waals surface area (Å²) in [6.45, 7) is 18.1. The van der Waals surface area contributed by atoms with Gasteiger partial charge in [0.2, 0.25) is 0 Å². The van der Waals surface area contributed by atoms with Gasteiger partial charge in [-0.15, -0.1) is 6.58 Å². The van der Waals surface area contributed by atoms with Gasteiger partial charge < -0.3 is 10.1 Å². The molecule has 0 spiro atoms. The first-order valence-corrected chi connectivity index (χ1v) is 6.65. The van der Waals surface area contributed by atoms with Crippen LogP contribution in [0.2, 0.25) is 0 Å². The third-order valence-corrected chi connectivity index (χ3v) is 2.48. The minimum Gasteiger partial charge on any atom is 0 e. The average molecular weight is 381 g/mol. The van der Waals surface area contributed by atoms with Crippen LogP contribution in [0.5, 0.6) is 0 Å². The minimum atomic E-state index is 0. The van der Waals surface area contributed by atoms with E-state index < -0.39 is 0 Å². The van der Waals surface area contributed by atoms with Crippen LogP contribution in [-0.2, 0) is 42.4 Å². The molecule has 1 rings (SSSR count). The SMILES string of the molecule is C=CC[C@@H]([CH][CH][CH][CH]C=O)NCc1ccccc1.[C-]#[O+].[C-]#[O+].[C-]#[O+].[Fe]. The Morgan fingerprint density at radius 3 is 2.04 bits per heavy atom. The first-order valence-electron chi connectivity index (χ1n) is 6.65. The predicted octanol–water partition coefficient (Wildman–Crippen LogP) is 2.62. The Hall–Kier alpha value is -1.67. The number of benzene rings is 1. The molecule has 0 unspecified atom stereocenters. The Balaban J connectivity index is -0.000000284. The molecule has 0 bridgehead atoms. The van der Waals surface area contributed by atoms with E-state index in [-0.39, 0.29) is 23.1 Å². The van der Waals surface area contributed by atoms with Crippen molar-refractivity contribution in [2.24, 2.45) is 0 Å². The van der Waals surface area contributed by atoms with Crippen LogP contribution in [0.25, 0.3) is 0 Å². The monoisotopic (exact) mass is 381 g/mol. The van der Waals surface area contributed by atoms with Crippen molar-refractivity contribution in [3.05, 3.63) is 94.2 Å². The smallest absolute Gasteiger partial charge is 0 e. The molecule has 0 saturated carbocycles. The van der Waals surface area contributed by atoms with E-state index in [9.17, 15) is 4.79 Å². The van der Waals surface area contributed by atoms with Crippen molar-refractivity contribution in [2.45, 2.75) is 19.0 Å². The molecule has 1 aromatic carbocycles. The first kappa shape index (κ1) is 31.1. The van der Waals surface area contributed by atoms with Gasteiger partial charge >= 0.3 is 33.9 Å².